The van der Waals surface area contributed by atoms with Crippen LogP contribution in [0.3, 0.4) is 0 Å². The summed E-state index contributed by atoms with van der Waals surface area (Å²) in [4.78, 5) is 17.3. The number of rotatable bonds is 4. The molecule has 0 aliphatic carbocycles. The van der Waals surface area contributed by atoms with Crippen LogP contribution in [-0.4, -0.2) is 27.7 Å². The number of hydrogen-bond donors (Lipinski definition) is 4. The highest BCUT2D eigenvalue weighted by atomic mass is 16.2. The smallest absolute Gasteiger partial charge is 0.239 e. The maximum absolute atomic E-state index is 12.8. The number of nitrogens with zero attached hydrogens (tertiary/aromatic N) is 2. The second-order valence-corrected chi connectivity index (χ2v) is 6.99. The average molecular weight is 364 g/mol. The number of carbonyl (C=O) groups is 1. The minimum atomic E-state index is -0.428. The Morgan fingerprint density at radius 2 is 2.00 bits per heavy atom. The van der Waals surface area contributed by atoms with Crippen molar-refractivity contribution in [3.8, 4) is 0 Å². The molecule has 3 atom stereocenters. The zero-order valence-corrected chi connectivity index (χ0v) is 15.4. The number of imidazole rings is 1. The summed E-state index contributed by atoms with van der Waals surface area (Å²) in [5.74, 6) is 0.751. The van der Waals surface area contributed by atoms with Crippen molar-refractivity contribution in [3.63, 3.8) is 0 Å². The maximum atomic E-state index is 12.8. The standard InChI is InChI=1S/C20H24N6O/c1-12-23-15-10-13(8-9-16(15)26(12)2)11-22-20(27)18-17(19(21)25-24-18)14-6-4-3-5-7-14/h3-10,17-19,24-25H,11,21H2,1-2H3,(H,22,27). The number of hydrogen-bond acceptors (Lipinski definition) is 5. The topological polar surface area (TPSA) is 97.0 Å². The van der Waals surface area contributed by atoms with Crippen LogP contribution in [0.25, 0.3) is 11.0 Å². The minimum Gasteiger partial charge on any atom is -0.351 e. The zero-order valence-electron chi connectivity index (χ0n) is 15.4. The molecule has 5 N–H and O–H groups in total. The van der Waals surface area contributed by atoms with Crippen LogP contribution in [0.4, 0.5) is 0 Å². The highest BCUT2D eigenvalue weighted by Gasteiger charge is 2.39. The normalized spacial score (nSPS) is 22.3. The third kappa shape index (κ3) is 3.32. The molecule has 2 heterocycles. The lowest BCUT2D eigenvalue weighted by molar-refractivity contribution is -0.123. The summed E-state index contributed by atoms with van der Waals surface area (Å²) in [6.07, 6.45) is -0.323. The fraction of sp³-hybridized carbons (Fsp3) is 0.300. The van der Waals surface area contributed by atoms with Gasteiger partial charge in [0.2, 0.25) is 5.91 Å². The minimum absolute atomic E-state index is 0.0819. The summed E-state index contributed by atoms with van der Waals surface area (Å²) < 4.78 is 2.05. The second kappa shape index (κ2) is 7.11. The molecule has 7 heteroatoms. The monoisotopic (exact) mass is 364 g/mol. The van der Waals surface area contributed by atoms with Gasteiger partial charge in [0.25, 0.3) is 0 Å². The number of nitrogens with one attached hydrogen (secondary N) is 3. The lowest BCUT2D eigenvalue weighted by atomic mass is 9.90. The van der Waals surface area contributed by atoms with Gasteiger partial charge < -0.3 is 15.6 Å². The predicted octanol–water partition coefficient (Wildman–Crippen LogP) is 1.04. The molecule has 1 aromatic heterocycles. The number of carbonyl (C=O) groups excluding carboxylic acids is 1. The van der Waals surface area contributed by atoms with Gasteiger partial charge in [-0.25, -0.2) is 15.8 Å². The Morgan fingerprint density at radius 3 is 2.78 bits per heavy atom. The maximum Gasteiger partial charge on any atom is 0.239 e. The van der Waals surface area contributed by atoms with Gasteiger partial charge in [0.15, 0.2) is 0 Å². The molecule has 1 fully saturated rings. The third-order valence-corrected chi connectivity index (χ3v) is 5.25. The molecule has 4 rings (SSSR count). The van der Waals surface area contributed by atoms with E-state index in [-0.39, 0.29) is 18.0 Å². The number of hydrazine groups is 1. The van der Waals surface area contributed by atoms with E-state index < -0.39 is 6.04 Å². The number of aryl methyl sites for hydroxylation is 2. The Bertz CT molecular complexity index is 967. The number of nitrogens with two attached hydrogens (primary N) is 1. The van der Waals surface area contributed by atoms with Crippen LogP contribution in [0.1, 0.15) is 22.9 Å². The van der Waals surface area contributed by atoms with Gasteiger partial charge in [-0.15, -0.1) is 0 Å². The molecule has 1 aliphatic heterocycles. The van der Waals surface area contributed by atoms with Gasteiger partial charge in [-0.2, -0.15) is 0 Å². The zero-order chi connectivity index (χ0) is 19.0. The summed E-state index contributed by atoms with van der Waals surface area (Å²) in [5.41, 5.74) is 16.2. The molecule has 27 heavy (non-hydrogen) atoms. The van der Waals surface area contributed by atoms with Gasteiger partial charge >= 0.3 is 0 Å². The van der Waals surface area contributed by atoms with Crippen LogP contribution in [0, 0.1) is 6.92 Å². The van der Waals surface area contributed by atoms with Gasteiger partial charge in [0.1, 0.15) is 11.9 Å². The van der Waals surface area contributed by atoms with E-state index in [9.17, 15) is 4.79 Å². The van der Waals surface area contributed by atoms with Crippen molar-refractivity contribution < 1.29 is 4.79 Å². The lowest BCUT2D eigenvalue weighted by Crippen LogP contribution is -2.44. The first-order valence-electron chi connectivity index (χ1n) is 9.06. The summed E-state index contributed by atoms with van der Waals surface area (Å²) in [7, 11) is 2.00. The van der Waals surface area contributed by atoms with Crippen molar-refractivity contribution in [2.45, 2.75) is 31.6 Å². The van der Waals surface area contributed by atoms with Crippen LogP contribution in [0.2, 0.25) is 0 Å². The summed E-state index contributed by atoms with van der Waals surface area (Å²) in [5, 5.41) is 3.02. The van der Waals surface area contributed by atoms with Gasteiger partial charge in [-0.05, 0) is 30.2 Å². The number of aromatic nitrogens is 2. The Hall–Kier alpha value is -2.74. The van der Waals surface area contributed by atoms with Crippen LogP contribution < -0.4 is 21.9 Å². The van der Waals surface area contributed by atoms with Crippen molar-refractivity contribution in [2.75, 3.05) is 0 Å². The molecule has 3 aromatic rings. The van der Waals surface area contributed by atoms with Crippen molar-refractivity contribution >= 4 is 16.9 Å². The highest BCUT2D eigenvalue weighted by molar-refractivity contribution is 5.83. The largest absolute Gasteiger partial charge is 0.351 e. The van der Waals surface area contributed by atoms with E-state index in [0.29, 0.717) is 6.54 Å². The molecule has 0 bridgehead atoms. The van der Waals surface area contributed by atoms with E-state index in [2.05, 4.69) is 25.7 Å². The average Bonchev–Trinajstić information content (AvgIpc) is 3.20. The highest BCUT2D eigenvalue weighted by Crippen LogP contribution is 2.25. The molecule has 0 saturated carbocycles. The molecule has 1 amide bonds. The first-order valence-corrected chi connectivity index (χ1v) is 9.06. The Balaban J connectivity index is 1.47. The van der Waals surface area contributed by atoms with Gasteiger partial charge in [0, 0.05) is 19.5 Å². The van der Waals surface area contributed by atoms with Gasteiger partial charge in [0.05, 0.1) is 17.2 Å². The second-order valence-electron chi connectivity index (χ2n) is 6.99. The molecule has 140 valence electrons. The number of fused-ring (bicyclic) bond motifs is 1. The quantitative estimate of drug-likeness (QED) is 0.555. The molecule has 0 spiro atoms. The molecular weight excluding hydrogens is 340 g/mol. The number of benzene rings is 2. The van der Waals surface area contributed by atoms with Gasteiger partial charge in [-0.1, -0.05) is 36.4 Å². The Labute approximate surface area is 157 Å². The summed E-state index contributed by atoms with van der Waals surface area (Å²) >= 11 is 0. The van der Waals surface area contributed by atoms with E-state index in [0.717, 1.165) is 28.0 Å². The molecule has 1 aliphatic rings. The molecule has 0 radical (unpaired) electrons. The van der Waals surface area contributed by atoms with Crippen LogP contribution in [0.15, 0.2) is 48.5 Å². The van der Waals surface area contributed by atoms with Crippen molar-refractivity contribution in [1.29, 1.82) is 0 Å². The van der Waals surface area contributed by atoms with E-state index >= 15 is 0 Å². The van der Waals surface area contributed by atoms with Gasteiger partial charge in [-0.3, -0.25) is 4.79 Å². The fourth-order valence-electron chi connectivity index (χ4n) is 3.65. The number of amides is 1. The van der Waals surface area contributed by atoms with E-state index in [1.54, 1.807) is 0 Å². The van der Waals surface area contributed by atoms with Crippen LogP contribution in [0.5, 0.6) is 0 Å². The molecule has 3 unspecified atom stereocenters. The summed E-state index contributed by atoms with van der Waals surface area (Å²) in [6, 6.07) is 15.5. The van der Waals surface area contributed by atoms with Crippen molar-refractivity contribution in [3.05, 3.63) is 65.5 Å². The SMILES string of the molecule is Cc1nc2cc(CNC(=O)C3NNC(N)C3c3ccccc3)ccc2n1C. The fourth-order valence-corrected chi connectivity index (χ4v) is 3.65. The van der Waals surface area contributed by atoms with E-state index in [1.165, 1.54) is 0 Å². The molecule has 1 saturated heterocycles. The first kappa shape index (κ1) is 17.7. The molecule has 2 aromatic carbocycles. The molecule has 7 nitrogen and oxygen atoms in total. The van der Waals surface area contributed by atoms with Crippen LogP contribution in [-0.2, 0) is 18.4 Å². The third-order valence-electron chi connectivity index (χ3n) is 5.25. The van der Waals surface area contributed by atoms with E-state index in [1.807, 2.05) is 62.5 Å². The predicted molar refractivity (Wildman–Crippen MR) is 105 cm³/mol. The Kier molecular flexibility index (Phi) is 4.65. The van der Waals surface area contributed by atoms with E-state index in [4.69, 9.17) is 5.73 Å². The Morgan fingerprint density at radius 1 is 1.22 bits per heavy atom. The summed E-state index contributed by atoms with van der Waals surface area (Å²) in [6.45, 7) is 2.42. The molecular formula is C20H24N6O. The van der Waals surface area contributed by atoms with Crippen molar-refractivity contribution in [1.82, 2.24) is 25.7 Å². The van der Waals surface area contributed by atoms with Crippen LogP contribution >= 0.6 is 0 Å². The van der Waals surface area contributed by atoms with Crippen molar-refractivity contribution in [2.24, 2.45) is 12.8 Å². The lowest BCUT2D eigenvalue weighted by Gasteiger charge is -2.20. The first-order chi connectivity index (χ1) is 13.0.